The van der Waals surface area contributed by atoms with Gasteiger partial charge in [-0.05, 0) is 29.2 Å². The third-order valence-electron chi connectivity index (χ3n) is 5.17. The molecule has 7 heteroatoms. The first-order valence-electron chi connectivity index (χ1n) is 9.65. The number of carbonyl (C=O) groups is 1. The summed E-state index contributed by atoms with van der Waals surface area (Å²) < 4.78 is 34.7. The Labute approximate surface area is 172 Å². The first-order valence-corrected chi connectivity index (χ1v) is 11.1. The summed E-state index contributed by atoms with van der Waals surface area (Å²) in [7, 11) is -2.27. The molecule has 6 nitrogen and oxygen atoms in total. The molecule has 0 aromatic heterocycles. The lowest BCUT2D eigenvalue weighted by Crippen LogP contribution is -2.51. The summed E-state index contributed by atoms with van der Waals surface area (Å²) in [6.07, 6.45) is -0.621. The van der Waals surface area contributed by atoms with E-state index in [1.54, 1.807) is 12.1 Å². The Balaban J connectivity index is 1.97. The SMILES string of the molecule is CNC(=O)c1cccc(S(=O)(=O)N2C[C@@H](c3ccccc3)O[C@@H](C(C)(C)C)C2)c1. The number of ether oxygens (including phenoxy) is 1. The van der Waals surface area contributed by atoms with Crippen LogP contribution in [0.4, 0.5) is 0 Å². The van der Waals surface area contributed by atoms with E-state index in [0.29, 0.717) is 5.56 Å². The van der Waals surface area contributed by atoms with Gasteiger partial charge in [0.05, 0.1) is 17.1 Å². The van der Waals surface area contributed by atoms with E-state index in [1.807, 2.05) is 51.1 Å². The average Bonchev–Trinajstić information content (AvgIpc) is 2.73. The zero-order valence-electron chi connectivity index (χ0n) is 17.3. The number of hydrogen-bond donors (Lipinski definition) is 1. The minimum atomic E-state index is -3.79. The van der Waals surface area contributed by atoms with Gasteiger partial charge in [-0.15, -0.1) is 0 Å². The molecule has 1 saturated heterocycles. The Bertz CT molecular complexity index is 968. The van der Waals surface area contributed by atoms with Crippen molar-refractivity contribution in [2.75, 3.05) is 20.1 Å². The molecule has 156 valence electrons. The highest BCUT2D eigenvalue weighted by atomic mass is 32.2. The van der Waals surface area contributed by atoms with Gasteiger partial charge >= 0.3 is 0 Å². The minimum Gasteiger partial charge on any atom is -0.367 e. The molecule has 1 fully saturated rings. The summed E-state index contributed by atoms with van der Waals surface area (Å²) in [6, 6.07) is 15.8. The van der Waals surface area contributed by atoms with Crippen molar-refractivity contribution in [1.29, 1.82) is 0 Å². The molecule has 1 amide bonds. The van der Waals surface area contributed by atoms with Crippen LogP contribution in [0.5, 0.6) is 0 Å². The zero-order valence-corrected chi connectivity index (χ0v) is 18.1. The predicted molar refractivity (Wildman–Crippen MR) is 112 cm³/mol. The molecular weight excluding hydrogens is 388 g/mol. The number of benzene rings is 2. The molecule has 0 bridgehead atoms. The van der Waals surface area contributed by atoms with Crippen LogP contribution in [-0.2, 0) is 14.8 Å². The van der Waals surface area contributed by atoms with Crippen molar-refractivity contribution in [3.63, 3.8) is 0 Å². The maximum Gasteiger partial charge on any atom is 0.251 e. The molecule has 2 atom stereocenters. The third-order valence-corrected chi connectivity index (χ3v) is 6.99. The molecule has 2 aromatic carbocycles. The Hall–Kier alpha value is -2.22. The van der Waals surface area contributed by atoms with E-state index in [9.17, 15) is 13.2 Å². The normalized spacial score (nSPS) is 21.0. The molecule has 0 spiro atoms. The lowest BCUT2D eigenvalue weighted by molar-refractivity contribution is -0.110. The Kier molecular flexibility index (Phi) is 6.12. The molecular formula is C22H28N2O4S. The summed E-state index contributed by atoms with van der Waals surface area (Å²) in [5.74, 6) is -0.321. The summed E-state index contributed by atoms with van der Waals surface area (Å²) in [5.41, 5.74) is 1.03. The molecule has 1 aliphatic rings. The highest BCUT2D eigenvalue weighted by Gasteiger charge is 2.40. The van der Waals surface area contributed by atoms with Crippen molar-refractivity contribution in [3.05, 3.63) is 65.7 Å². The van der Waals surface area contributed by atoms with E-state index in [1.165, 1.54) is 23.5 Å². The quantitative estimate of drug-likeness (QED) is 0.830. The van der Waals surface area contributed by atoms with Gasteiger partial charge in [-0.3, -0.25) is 4.79 Å². The highest BCUT2D eigenvalue weighted by Crippen LogP contribution is 2.35. The maximum atomic E-state index is 13.4. The molecule has 3 rings (SSSR count). The summed E-state index contributed by atoms with van der Waals surface area (Å²) in [5, 5.41) is 2.53. The van der Waals surface area contributed by atoms with Crippen molar-refractivity contribution >= 4 is 15.9 Å². The van der Waals surface area contributed by atoms with Gasteiger partial charge in [0.15, 0.2) is 0 Å². The van der Waals surface area contributed by atoms with Crippen molar-refractivity contribution in [2.45, 2.75) is 37.9 Å². The standard InChI is InChI=1S/C22H28N2O4S/c1-22(2,3)20-15-24(14-19(28-20)16-9-6-5-7-10-16)29(26,27)18-12-8-11-17(13-18)21(25)23-4/h5-13,19-20H,14-15H2,1-4H3,(H,23,25)/t19-,20+/m0/s1. The van der Waals surface area contributed by atoms with E-state index in [4.69, 9.17) is 4.74 Å². The second-order valence-corrected chi connectivity index (χ2v) is 10.3. The molecule has 1 heterocycles. The molecule has 0 unspecified atom stereocenters. The largest absolute Gasteiger partial charge is 0.367 e. The zero-order chi connectivity index (χ0) is 21.2. The maximum absolute atomic E-state index is 13.4. The van der Waals surface area contributed by atoms with Crippen LogP contribution in [0.1, 0.15) is 42.8 Å². The van der Waals surface area contributed by atoms with Crippen LogP contribution in [-0.4, -0.2) is 44.9 Å². The van der Waals surface area contributed by atoms with Crippen LogP contribution in [0.25, 0.3) is 0 Å². The topological polar surface area (TPSA) is 75.7 Å². The molecule has 1 N–H and O–H groups in total. The summed E-state index contributed by atoms with van der Waals surface area (Å²) in [6.45, 7) is 6.62. The first kappa shape index (κ1) is 21.5. The van der Waals surface area contributed by atoms with Gasteiger partial charge in [0.2, 0.25) is 10.0 Å². The molecule has 1 aliphatic heterocycles. The minimum absolute atomic E-state index is 0.111. The molecule has 0 aliphatic carbocycles. The third kappa shape index (κ3) is 4.69. The summed E-state index contributed by atoms with van der Waals surface area (Å²) >= 11 is 0. The molecule has 29 heavy (non-hydrogen) atoms. The van der Waals surface area contributed by atoms with Crippen molar-refractivity contribution < 1.29 is 17.9 Å². The van der Waals surface area contributed by atoms with Gasteiger partial charge in [0, 0.05) is 25.7 Å². The van der Waals surface area contributed by atoms with Crippen LogP contribution in [0.3, 0.4) is 0 Å². The van der Waals surface area contributed by atoms with Gasteiger partial charge < -0.3 is 10.1 Å². The molecule has 2 aromatic rings. The van der Waals surface area contributed by atoms with Crippen LogP contribution in [0, 0.1) is 5.41 Å². The Morgan fingerprint density at radius 2 is 1.76 bits per heavy atom. The molecule has 0 saturated carbocycles. The Morgan fingerprint density at radius 3 is 2.38 bits per heavy atom. The monoisotopic (exact) mass is 416 g/mol. The van der Waals surface area contributed by atoms with Crippen molar-refractivity contribution in [2.24, 2.45) is 5.41 Å². The Morgan fingerprint density at radius 1 is 1.07 bits per heavy atom. The van der Waals surface area contributed by atoms with Gasteiger partial charge in [-0.2, -0.15) is 4.31 Å². The van der Waals surface area contributed by atoms with Gasteiger partial charge in [-0.25, -0.2) is 8.42 Å². The van der Waals surface area contributed by atoms with E-state index < -0.39 is 10.0 Å². The number of morpholine rings is 1. The smallest absolute Gasteiger partial charge is 0.251 e. The van der Waals surface area contributed by atoms with Crippen molar-refractivity contribution in [1.82, 2.24) is 9.62 Å². The van der Waals surface area contributed by atoms with Crippen LogP contribution in [0.2, 0.25) is 0 Å². The van der Waals surface area contributed by atoms with E-state index in [2.05, 4.69) is 5.32 Å². The number of amides is 1. The molecule has 0 radical (unpaired) electrons. The number of nitrogens with one attached hydrogen (secondary N) is 1. The fourth-order valence-corrected chi connectivity index (χ4v) is 4.83. The first-order chi connectivity index (χ1) is 13.6. The number of sulfonamides is 1. The van der Waals surface area contributed by atoms with Gasteiger partial charge in [-0.1, -0.05) is 57.2 Å². The van der Waals surface area contributed by atoms with E-state index in [-0.39, 0.29) is 41.5 Å². The fraction of sp³-hybridized carbons (Fsp3) is 0.409. The number of hydrogen-bond acceptors (Lipinski definition) is 4. The second kappa shape index (κ2) is 8.26. The van der Waals surface area contributed by atoms with E-state index in [0.717, 1.165) is 5.56 Å². The van der Waals surface area contributed by atoms with Crippen molar-refractivity contribution in [3.8, 4) is 0 Å². The number of rotatable bonds is 4. The number of carbonyl (C=O) groups excluding carboxylic acids is 1. The second-order valence-electron chi connectivity index (χ2n) is 8.32. The predicted octanol–water partition coefficient (Wildman–Crippen LogP) is 3.22. The lowest BCUT2D eigenvalue weighted by Gasteiger charge is -2.43. The van der Waals surface area contributed by atoms with Gasteiger partial charge in [0.1, 0.15) is 0 Å². The number of nitrogens with zero attached hydrogens (tertiary/aromatic N) is 1. The average molecular weight is 417 g/mol. The van der Waals surface area contributed by atoms with Crippen LogP contribution in [0.15, 0.2) is 59.5 Å². The van der Waals surface area contributed by atoms with Crippen LogP contribution < -0.4 is 5.32 Å². The van der Waals surface area contributed by atoms with E-state index >= 15 is 0 Å². The van der Waals surface area contributed by atoms with Crippen LogP contribution >= 0.6 is 0 Å². The summed E-state index contributed by atoms with van der Waals surface area (Å²) in [4.78, 5) is 12.1. The highest BCUT2D eigenvalue weighted by molar-refractivity contribution is 7.89. The van der Waals surface area contributed by atoms with Gasteiger partial charge in [0.25, 0.3) is 5.91 Å². The fourth-order valence-electron chi connectivity index (χ4n) is 3.35. The lowest BCUT2D eigenvalue weighted by atomic mass is 9.87.